The number of hydrogen-bond donors (Lipinski definition) is 0. The van der Waals surface area contributed by atoms with Gasteiger partial charge in [-0.1, -0.05) is 0 Å². The van der Waals surface area contributed by atoms with Gasteiger partial charge in [0.2, 0.25) is 0 Å². The first-order valence-electron chi connectivity index (χ1n) is 4.20. The minimum atomic E-state index is -1.04. The van der Waals surface area contributed by atoms with Crippen molar-refractivity contribution in [2.45, 2.75) is 18.3 Å². The maximum Gasteiger partial charge on any atom is 0.133 e. The number of aldehydes is 1. The Bertz CT molecular complexity index is 373. The van der Waals surface area contributed by atoms with Gasteiger partial charge in [0.05, 0.1) is 5.41 Å². The number of rotatable bonds is 2. The molecule has 2 rings (SSSR count). The Kier molecular flexibility index (Phi) is 1.87. The predicted molar refractivity (Wildman–Crippen MR) is 43.3 cm³/mol. The largest absolute Gasteiger partial charge is 0.302 e. The maximum atomic E-state index is 13.2. The van der Waals surface area contributed by atoms with Crippen LogP contribution in [0.1, 0.15) is 18.4 Å². The first-order chi connectivity index (χ1) is 6.59. The van der Waals surface area contributed by atoms with Crippen LogP contribution in [-0.4, -0.2) is 6.29 Å². The summed E-state index contributed by atoms with van der Waals surface area (Å²) in [6.07, 6.45) is 1.39. The molecule has 0 saturated heterocycles. The molecule has 4 heteroatoms. The lowest BCUT2D eigenvalue weighted by molar-refractivity contribution is -0.110. The van der Waals surface area contributed by atoms with E-state index in [1.165, 1.54) is 0 Å². The summed E-state index contributed by atoms with van der Waals surface area (Å²) in [7, 11) is 0. The normalized spacial score (nSPS) is 17.9. The van der Waals surface area contributed by atoms with Gasteiger partial charge in [0, 0.05) is 17.7 Å². The van der Waals surface area contributed by atoms with E-state index < -0.39 is 22.9 Å². The third-order valence-electron chi connectivity index (χ3n) is 2.52. The van der Waals surface area contributed by atoms with E-state index in [-0.39, 0.29) is 5.56 Å². The highest BCUT2D eigenvalue weighted by Crippen LogP contribution is 2.48. The van der Waals surface area contributed by atoms with Gasteiger partial charge < -0.3 is 4.79 Å². The molecule has 0 unspecified atom stereocenters. The number of carbonyl (C=O) groups excluding carboxylic acids is 1. The molecule has 1 nitrogen and oxygen atoms in total. The Hall–Kier alpha value is -1.32. The molecule has 1 aliphatic carbocycles. The minimum absolute atomic E-state index is 0.297. The maximum absolute atomic E-state index is 13.2. The van der Waals surface area contributed by atoms with Gasteiger partial charge in [-0.15, -0.1) is 0 Å². The molecule has 1 saturated carbocycles. The highest BCUT2D eigenvalue weighted by Gasteiger charge is 2.48. The van der Waals surface area contributed by atoms with Crippen LogP contribution in [0.15, 0.2) is 12.1 Å². The fourth-order valence-electron chi connectivity index (χ4n) is 1.58. The number of hydrogen-bond acceptors (Lipinski definition) is 1. The smallest absolute Gasteiger partial charge is 0.133 e. The van der Waals surface area contributed by atoms with Crippen LogP contribution in [0.3, 0.4) is 0 Å². The summed E-state index contributed by atoms with van der Waals surface area (Å²) in [6, 6.07) is 1.20. The van der Waals surface area contributed by atoms with Gasteiger partial charge in [-0.25, -0.2) is 13.2 Å². The van der Waals surface area contributed by atoms with Crippen molar-refractivity contribution in [1.29, 1.82) is 0 Å². The Balaban J connectivity index is 2.58. The van der Waals surface area contributed by atoms with E-state index in [9.17, 15) is 18.0 Å². The second kappa shape index (κ2) is 2.83. The fourth-order valence-corrected chi connectivity index (χ4v) is 1.58. The van der Waals surface area contributed by atoms with E-state index in [1.807, 2.05) is 0 Å². The molecule has 0 amide bonds. The quantitative estimate of drug-likeness (QED) is 0.669. The lowest BCUT2D eigenvalue weighted by atomic mass is 9.96. The summed E-state index contributed by atoms with van der Waals surface area (Å²) < 4.78 is 38.9. The number of benzene rings is 1. The molecule has 14 heavy (non-hydrogen) atoms. The van der Waals surface area contributed by atoms with Gasteiger partial charge >= 0.3 is 0 Å². The zero-order valence-electron chi connectivity index (χ0n) is 7.19. The third-order valence-corrected chi connectivity index (χ3v) is 2.52. The predicted octanol–water partition coefficient (Wildman–Crippen LogP) is 2.33. The highest BCUT2D eigenvalue weighted by molar-refractivity contribution is 5.73. The molecule has 1 fully saturated rings. The van der Waals surface area contributed by atoms with Crippen LogP contribution in [-0.2, 0) is 10.2 Å². The summed E-state index contributed by atoms with van der Waals surface area (Å²) in [5, 5.41) is 0. The zero-order valence-corrected chi connectivity index (χ0v) is 7.19. The van der Waals surface area contributed by atoms with Crippen molar-refractivity contribution >= 4 is 6.29 Å². The van der Waals surface area contributed by atoms with Gasteiger partial charge in [-0.05, 0) is 12.8 Å². The summed E-state index contributed by atoms with van der Waals surface area (Å²) in [5.74, 6) is -2.93. The van der Waals surface area contributed by atoms with Gasteiger partial charge in [-0.2, -0.15) is 0 Å². The molecule has 0 spiro atoms. The Morgan fingerprint density at radius 3 is 2.00 bits per heavy atom. The topological polar surface area (TPSA) is 17.1 Å². The van der Waals surface area contributed by atoms with E-state index in [0.717, 1.165) is 0 Å². The van der Waals surface area contributed by atoms with Crippen molar-refractivity contribution in [2.75, 3.05) is 0 Å². The van der Waals surface area contributed by atoms with E-state index in [1.54, 1.807) is 0 Å². The van der Waals surface area contributed by atoms with Crippen LogP contribution >= 0.6 is 0 Å². The van der Waals surface area contributed by atoms with Crippen molar-refractivity contribution in [3.8, 4) is 0 Å². The van der Waals surface area contributed by atoms with Crippen LogP contribution in [0.4, 0.5) is 13.2 Å². The van der Waals surface area contributed by atoms with Gasteiger partial charge in [-0.3, -0.25) is 0 Å². The van der Waals surface area contributed by atoms with Crippen LogP contribution in [0.2, 0.25) is 0 Å². The van der Waals surface area contributed by atoms with Crippen LogP contribution in [0.25, 0.3) is 0 Å². The number of carbonyl (C=O) groups is 1. The first kappa shape index (κ1) is 9.24. The number of halogens is 3. The molecular formula is C10H7F3O. The van der Waals surface area contributed by atoms with Crippen LogP contribution in [0, 0.1) is 17.5 Å². The summed E-state index contributed by atoms with van der Waals surface area (Å²) in [5.41, 5.74) is -1.34. The molecule has 0 bridgehead atoms. The van der Waals surface area contributed by atoms with Crippen molar-refractivity contribution < 1.29 is 18.0 Å². The summed E-state index contributed by atoms with van der Waals surface area (Å²) >= 11 is 0. The van der Waals surface area contributed by atoms with Crippen LogP contribution < -0.4 is 0 Å². The molecule has 0 aliphatic heterocycles. The SMILES string of the molecule is O=CC1(c2c(F)cc(F)cc2F)CC1. The standard InChI is InChI=1S/C10H7F3O/c11-6-3-7(12)9(8(13)4-6)10(5-14)1-2-10/h3-5H,1-2H2. The first-order valence-corrected chi connectivity index (χ1v) is 4.20. The molecular weight excluding hydrogens is 193 g/mol. The van der Waals surface area contributed by atoms with Crippen molar-refractivity contribution in [3.63, 3.8) is 0 Å². The molecule has 1 aromatic rings. The molecule has 0 N–H and O–H groups in total. The lowest BCUT2D eigenvalue weighted by Crippen LogP contribution is -2.13. The lowest BCUT2D eigenvalue weighted by Gasteiger charge is -2.09. The minimum Gasteiger partial charge on any atom is -0.302 e. The van der Waals surface area contributed by atoms with Crippen molar-refractivity contribution in [2.24, 2.45) is 0 Å². The Morgan fingerprint density at radius 1 is 1.14 bits per heavy atom. The summed E-state index contributed by atoms with van der Waals surface area (Å²) in [4.78, 5) is 10.7. The van der Waals surface area contributed by atoms with Crippen LogP contribution in [0.5, 0.6) is 0 Å². The second-order valence-electron chi connectivity index (χ2n) is 3.52. The third kappa shape index (κ3) is 1.22. The van der Waals surface area contributed by atoms with E-state index in [0.29, 0.717) is 31.3 Å². The van der Waals surface area contributed by atoms with E-state index >= 15 is 0 Å². The summed E-state index contributed by atoms with van der Waals surface area (Å²) in [6.45, 7) is 0. The molecule has 0 aromatic heterocycles. The van der Waals surface area contributed by atoms with E-state index in [2.05, 4.69) is 0 Å². The molecule has 1 aliphatic rings. The fraction of sp³-hybridized carbons (Fsp3) is 0.300. The highest BCUT2D eigenvalue weighted by atomic mass is 19.1. The monoisotopic (exact) mass is 200 g/mol. The van der Waals surface area contributed by atoms with Crippen molar-refractivity contribution in [3.05, 3.63) is 35.1 Å². The average molecular weight is 200 g/mol. The van der Waals surface area contributed by atoms with E-state index in [4.69, 9.17) is 0 Å². The Morgan fingerprint density at radius 2 is 1.64 bits per heavy atom. The average Bonchev–Trinajstić information content (AvgIpc) is 2.83. The molecule has 1 aromatic carbocycles. The molecule has 0 atom stereocenters. The van der Waals surface area contributed by atoms with Gasteiger partial charge in [0.25, 0.3) is 0 Å². The Labute approximate surface area is 78.5 Å². The molecule has 0 heterocycles. The second-order valence-corrected chi connectivity index (χ2v) is 3.52. The van der Waals surface area contributed by atoms with Gasteiger partial charge in [0.1, 0.15) is 23.7 Å². The molecule has 74 valence electrons. The molecule has 0 radical (unpaired) electrons. The van der Waals surface area contributed by atoms with Gasteiger partial charge in [0.15, 0.2) is 0 Å². The van der Waals surface area contributed by atoms with Crippen molar-refractivity contribution in [1.82, 2.24) is 0 Å². The zero-order chi connectivity index (χ0) is 10.3.